The summed E-state index contributed by atoms with van der Waals surface area (Å²) < 4.78 is 16.7. The van der Waals surface area contributed by atoms with Gasteiger partial charge in [0.2, 0.25) is 0 Å². The highest BCUT2D eigenvalue weighted by Gasteiger charge is 2.37. The minimum absolute atomic E-state index is 0.783. The van der Waals surface area contributed by atoms with Crippen molar-refractivity contribution in [1.29, 1.82) is 0 Å². The van der Waals surface area contributed by atoms with E-state index < -0.39 is 8.80 Å². The molecule has 5 heteroatoms. The predicted octanol–water partition coefficient (Wildman–Crippen LogP) is 4.71. The molecule has 0 saturated carbocycles. The van der Waals surface area contributed by atoms with E-state index in [1.54, 1.807) is 21.3 Å². The van der Waals surface area contributed by atoms with Crippen molar-refractivity contribution < 1.29 is 13.3 Å². The Labute approximate surface area is 152 Å². The summed E-state index contributed by atoms with van der Waals surface area (Å²) in [7, 11) is 2.46. The average Bonchev–Trinajstić information content (AvgIpc) is 2.64. The molecule has 0 amide bonds. The van der Waals surface area contributed by atoms with Gasteiger partial charge in [-0.3, -0.25) is 0 Å². The molecule has 0 spiro atoms. The number of rotatable bonds is 9. The average molecular weight is 360 g/mol. The Balaban J connectivity index is 2.25. The second-order valence-corrected chi connectivity index (χ2v) is 9.21. The van der Waals surface area contributed by atoms with E-state index in [9.17, 15) is 0 Å². The summed E-state index contributed by atoms with van der Waals surface area (Å²) in [6.45, 7) is 5.18. The molecule has 0 radical (unpaired) electrons. The molecule has 2 rings (SSSR count). The highest BCUT2D eigenvalue weighted by molar-refractivity contribution is 6.60. The van der Waals surface area contributed by atoms with Gasteiger partial charge in [-0.15, -0.1) is 0 Å². The van der Waals surface area contributed by atoms with Crippen molar-refractivity contribution in [3.8, 4) is 0 Å². The summed E-state index contributed by atoms with van der Waals surface area (Å²) >= 11 is 0. The van der Waals surface area contributed by atoms with E-state index in [1.807, 2.05) is 0 Å². The summed E-state index contributed by atoms with van der Waals surface area (Å²) in [6, 6.07) is 17.8. The Morgan fingerprint density at radius 1 is 0.760 bits per heavy atom. The molecule has 0 bridgehead atoms. The van der Waals surface area contributed by atoms with E-state index in [4.69, 9.17) is 13.3 Å². The van der Waals surface area contributed by atoms with Gasteiger partial charge < -0.3 is 18.2 Å². The van der Waals surface area contributed by atoms with Crippen LogP contribution in [-0.4, -0.2) is 36.7 Å². The lowest BCUT2D eigenvalue weighted by molar-refractivity contribution is 0.123. The van der Waals surface area contributed by atoms with E-state index in [1.165, 1.54) is 22.5 Å². The molecule has 0 fully saturated rings. The number of hydrogen-bond acceptors (Lipinski definition) is 4. The molecular formula is C20H29NO3Si. The molecule has 25 heavy (non-hydrogen) atoms. The maximum absolute atomic E-state index is 5.55. The van der Waals surface area contributed by atoms with Gasteiger partial charge in [0, 0.05) is 45.3 Å². The van der Waals surface area contributed by atoms with Crippen molar-refractivity contribution in [2.75, 3.05) is 32.8 Å². The molecule has 4 nitrogen and oxygen atoms in total. The fraction of sp³-hybridized carbons (Fsp3) is 0.400. The first-order valence-corrected chi connectivity index (χ1v) is 10.5. The minimum Gasteiger partial charge on any atom is -0.377 e. The second kappa shape index (κ2) is 9.15. The van der Waals surface area contributed by atoms with Crippen LogP contribution >= 0.6 is 0 Å². The van der Waals surface area contributed by atoms with Crippen LogP contribution < -0.4 is 4.90 Å². The summed E-state index contributed by atoms with van der Waals surface area (Å²) in [5.41, 5.74) is 4.99. The van der Waals surface area contributed by atoms with E-state index in [2.05, 4.69) is 67.3 Å². The van der Waals surface area contributed by atoms with Crippen LogP contribution in [0.1, 0.15) is 17.5 Å². The van der Waals surface area contributed by atoms with Crippen molar-refractivity contribution in [2.45, 2.75) is 26.3 Å². The van der Waals surface area contributed by atoms with E-state index in [-0.39, 0.29) is 0 Å². The van der Waals surface area contributed by atoms with Crippen LogP contribution in [0.25, 0.3) is 0 Å². The number of nitrogens with zero attached hydrogens (tertiary/aromatic N) is 1. The van der Waals surface area contributed by atoms with Gasteiger partial charge in [0.15, 0.2) is 0 Å². The van der Waals surface area contributed by atoms with E-state index in [0.29, 0.717) is 0 Å². The molecule has 0 atom stereocenters. The summed E-state index contributed by atoms with van der Waals surface area (Å²) in [4.78, 5) is 2.38. The lowest BCUT2D eigenvalue weighted by atomic mass is 10.1. The number of benzene rings is 2. The topological polar surface area (TPSA) is 30.9 Å². The molecule has 0 aliphatic carbocycles. The maximum atomic E-state index is 5.55. The van der Waals surface area contributed by atoms with Crippen molar-refractivity contribution in [3.63, 3.8) is 0 Å². The Kier molecular flexibility index (Phi) is 7.20. The fourth-order valence-corrected chi connectivity index (χ4v) is 4.82. The van der Waals surface area contributed by atoms with Crippen LogP contribution in [0.5, 0.6) is 0 Å². The zero-order valence-corrected chi connectivity index (χ0v) is 16.9. The standard InChI is InChI=1S/C20H29NO3Si/c1-17-11-6-8-13-19(17)21(20-14-9-7-12-18(20)2)15-10-16-25(22-3,23-4)24-5/h6-9,11-14H,10,15-16H2,1-5H3. The van der Waals surface area contributed by atoms with Crippen molar-refractivity contribution in [2.24, 2.45) is 0 Å². The highest BCUT2D eigenvalue weighted by atomic mass is 28.4. The third-order valence-electron chi connectivity index (χ3n) is 4.61. The maximum Gasteiger partial charge on any atom is 0.500 e. The van der Waals surface area contributed by atoms with Gasteiger partial charge >= 0.3 is 8.80 Å². The van der Waals surface area contributed by atoms with Crippen molar-refractivity contribution >= 4 is 20.2 Å². The second-order valence-electron chi connectivity index (χ2n) is 6.12. The highest BCUT2D eigenvalue weighted by Crippen LogP contribution is 2.31. The monoisotopic (exact) mass is 359 g/mol. The Hall–Kier alpha value is -1.66. The fourth-order valence-electron chi connectivity index (χ4n) is 3.11. The third kappa shape index (κ3) is 4.70. The summed E-state index contributed by atoms with van der Waals surface area (Å²) in [5.74, 6) is 0. The normalized spacial score (nSPS) is 11.6. The van der Waals surface area contributed by atoms with Gasteiger partial charge in [0.25, 0.3) is 0 Å². The van der Waals surface area contributed by atoms with Crippen LogP contribution in [-0.2, 0) is 13.3 Å². The lowest BCUT2D eigenvalue weighted by Crippen LogP contribution is -2.43. The first-order valence-electron chi connectivity index (χ1n) is 8.61. The predicted molar refractivity (Wildman–Crippen MR) is 106 cm³/mol. The molecule has 0 aliphatic rings. The molecule has 2 aromatic rings. The zero-order chi connectivity index (χ0) is 18.3. The van der Waals surface area contributed by atoms with Gasteiger partial charge in [-0.1, -0.05) is 36.4 Å². The molecule has 0 unspecified atom stereocenters. The smallest absolute Gasteiger partial charge is 0.377 e. The van der Waals surface area contributed by atoms with Crippen LogP contribution in [0.4, 0.5) is 11.4 Å². The van der Waals surface area contributed by atoms with Crippen molar-refractivity contribution in [3.05, 3.63) is 59.7 Å². The molecule has 0 N–H and O–H groups in total. The molecule has 0 aromatic heterocycles. The van der Waals surface area contributed by atoms with Gasteiger partial charge in [0.05, 0.1) is 0 Å². The van der Waals surface area contributed by atoms with Crippen LogP contribution in [0.15, 0.2) is 48.5 Å². The zero-order valence-electron chi connectivity index (χ0n) is 15.9. The Morgan fingerprint density at radius 2 is 1.20 bits per heavy atom. The largest absolute Gasteiger partial charge is 0.500 e. The Bertz CT molecular complexity index is 620. The SMILES string of the molecule is CO[Si](CCCN(c1ccccc1C)c1ccccc1C)(OC)OC. The molecule has 0 heterocycles. The van der Waals surface area contributed by atoms with Crippen LogP contribution in [0.3, 0.4) is 0 Å². The van der Waals surface area contributed by atoms with Crippen LogP contribution in [0.2, 0.25) is 6.04 Å². The molecule has 2 aromatic carbocycles. The number of hydrogen-bond donors (Lipinski definition) is 0. The summed E-state index contributed by atoms with van der Waals surface area (Å²) in [5, 5.41) is 0. The number of aryl methyl sites for hydroxylation is 2. The summed E-state index contributed by atoms with van der Waals surface area (Å²) in [6.07, 6.45) is 0.921. The minimum atomic E-state index is -2.54. The quantitative estimate of drug-likeness (QED) is 0.607. The number of para-hydroxylation sites is 2. The van der Waals surface area contributed by atoms with Crippen molar-refractivity contribution in [1.82, 2.24) is 0 Å². The van der Waals surface area contributed by atoms with Gasteiger partial charge in [-0.2, -0.15) is 0 Å². The first-order chi connectivity index (χ1) is 12.1. The lowest BCUT2D eigenvalue weighted by Gasteiger charge is -2.30. The molecule has 0 aliphatic heterocycles. The van der Waals surface area contributed by atoms with Gasteiger partial charge in [0.1, 0.15) is 0 Å². The molecule has 136 valence electrons. The third-order valence-corrected chi connectivity index (χ3v) is 7.44. The molecule has 0 saturated heterocycles. The molecular weight excluding hydrogens is 330 g/mol. The van der Waals surface area contributed by atoms with Crippen LogP contribution in [0, 0.1) is 13.8 Å². The first kappa shape index (κ1) is 19.7. The van der Waals surface area contributed by atoms with E-state index >= 15 is 0 Å². The Morgan fingerprint density at radius 3 is 1.60 bits per heavy atom. The van der Waals surface area contributed by atoms with Gasteiger partial charge in [-0.25, -0.2) is 0 Å². The van der Waals surface area contributed by atoms with Gasteiger partial charge in [-0.05, 0) is 43.5 Å². The number of anilines is 2. The van der Waals surface area contributed by atoms with E-state index in [0.717, 1.165) is 19.0 Å².